The third kappa shape index (κ3) is 5.80. The van der Waals surface area contributed by atoms with Crippen molar-refractivity contribution in [2.75, 3.05) is 13.2 Å². The molecule has 2 aliphatic rings. The van der Waals surface area contributed by atoms with Gasteiger partial charge < -0.3 is 9.47 Å². The minimum Gasteiger partial charge on any atom is -0.348 e. The molecule has 1 aliphatic carbocycles. The highest BCUT2D eigenvalue weighted by molar-refractivity contribution is 5.59. The second-order valence-corrected chi connectivity index (χ2v) is 7.98. The number of halogens is 4. The summed E-state index contributed by atoms with van der Waals surface area (Å²) in [6, 6.07) is 5.75. The van der Waals surface area contributed by atoms with Crippen molar-refractivity contribution in [3.05, 3.63) is 41.5 Å². The molecular formula is C22H28F4O2. The van der Waals surface area contributed by atoms with E-state index in [-0.39, 0.29) is 11.6 Å². The zero-order valence-electron chi connectivity index (χ0n) is 16.2. The minimum atomic E-state index is -4.68. The van der Waals surface area contributed by atoms with Crippen LogP contribution in [0.25, 0.3) is 5.83 Å². The Morgan fingerprint density at radius 2 is 1.61 bits per heavy atom. The van der Waals surface area contributed by atoms with Crippen molar-refractivity contribution in [1.29, 1.82) is 0 Å². The molecule has 0 radical (unpaired) electrons. The lowest BCUT2D eigenvalue weighted by atomic mass is 9.75. The lowest BCUT2D eigenvalue weighted by Crippen LogP contribution is -2.34. The van der Waals surface area contributed by atoms with Crippen LogP contribution in [0.2, 0.25) is 0 Å². The number of hydrogen-bond acceptors (Lipinski definition) is 2. The molecule has 1 saturated carbocycles. The van der Waals surface area contributed by atoms with E-state index in [1.165, 1.54) is 50.7 Å². The van der Waals surface area contributed by atoms with E-state index in [0.29, 0.717) is 30.6 Å². The average molecular weight is 400 g/mol. The van der Waals surface area contributed by atoms with Crippen molar-refractivity contribution in [3.8, 4) is 0 Å². The molecule has 2 fully saturated rings. The van der Waals surface area contributed by atoms with Crippen LogP contribution < -0.4 is 0 Å². The maximum atomic E-state index is 13.6. The molecule has 0 spiro atoms. The van der Waals surface area contributed by atoms with Crippen molar-refractivity contribution < 1.29 is 27.0 Å². The van der Waals surface area contributed by atoms with Crippen LogP contribution in [-0.4, -0.2) is 19.4 Å². The lowest BCUT2D eigenvalue weighted by Gasteiger charge is -2.37. The molecule has 0 N–H and O–H groups in total. The van der Waals surface area contributed by atoms with Crippen molar-refractivity contribution in [3.63, 3.8) is 0 Å². The third-order valence-electron chi connectivity index (χ3n) is 5.93. The molecule has 6 heteroatoms. The van der Waals surface area contributed by atoms with Crippen LogP contribution in [-0.2, 0) is 9.47 Å². The van der Waals surface area contributed by atoms with Gasteiger partial charge in [-0.05, 0) is 24.7 Å². The van der Waals surface area contributed by atoms with Crippen LogP contribution in [0.1, 0.15) is 62.9 Å². The van der Waals surface area contributed by atoms with Crippen molar-refractivity contribution in [1.82, 2.24) is 0 Å². The quantitative estimate of drug-likeness (QED) is 0.505. The third-order valence-corrected chi connectivity index (χ3v) is 5.93. The van der Waals surface area contributed by atoms with E-state index in [1.807, 2.05) is 0 Å². The molecule has 0 unspecified atom stereocenters. The Bertz CT molecular complexity index is 637. The molecule has 1 saturated heterocycles. The van der Waals surface area contributed by atoms with E-state index in [4.69, 9.17) is 9.47 Å². The summed E-state index contributed by atoms with van der Waals surface area (Å²) in [5.74, 6) is 0.594. The Morgan fingerprint density at radius 1 is 1.00 bits per heavy atom. The number of alkyl halides is 3. The van der Waals surface area contributed by atoms with Gasteiger partial charge in [0.15, 0.2) is 6.29 Å². The van der Waals surface area contributed by atoms with Crippen LogP contribution >= 0.6 is 0 Å². The SMILES string of the molecule is CCCC1CCC(C2COC(c3ccc(C(F)=CC(F)(F)F)cc3)OC2)CC1. The molecule has 2 nitrogen and oxygen atoms in total. The van der Waals surface area contributed by atoms with Gasteiger partial charge in [-0.1, -0.05) is 56.9 Å². The van der Waals surface area contributed by atoms with Crippen LogP contribution in [0.5, 0.6) is 0 Å². The molecule has 0 amide bonds. The van der Waals surface area contributed by atoms with Crippen molar-refractivity contribution in [2.45, 2.75) is 57.9 Å². The summed E-state index contributed by atoms with van der Waals surface area (Å²) in [6.45, 7) is 3.48. The molecule has 0 aromatic heterocycles. The van der Waals surface area contributed by atoms with Crippen LogP contribution in [0.3, 0.4) is 0 Å². The predicted molar refractivity (Wildman–Crippen MR) is 100 cm³/mol. The van der Waals surface area contributed by atoms with Crippen LogP contribution in [0, 0.1) is 17.8 Å². The van der Waals surface area contributed by atoms with Crippen LogP contribution in [0.4, 0.5) is 17.6 Å². The van der Waals surface area contributed by atoms with E-state index in [0.717, 1.165) is 5.92 Å². The normalized spacial score (nSPS) is 29.7. The second kappa shape index (κ2) is 9.40. The van der Waals surface area contributed by atoms with Crippen molar-refractivity contribution in [2.24, 2.45) is 17.8 Å². The number of benzene rings is 1. The average Bonchev–Trinajstić information content (AvgIpc) is 2.68. The van der Waals surface area contributed by atoms with E-state index >= 15 is 0 Å². The first-order valence-electron chi connectivity index (χ1n) is 10.1. The summed E-state index contributed by atoms with van der Waals surface area (Å²) in [6.07, 6.45) is 2.05. The highest BCUT2D eigenvalue weighted by Crippen LogP contribution is 2.38. The summed E-state index contributed by atoms with van der Waals surface area (Å²) < 4.78 is 62.1. The topological polar surface area (TPSA) is 18.5 Å². The monoisotopic (exact) mass is 400 g/mol. The van der Waals surface area contributed by atoms with E-state index in [1.54, 1.807) is 12.1 Å². The van der Waals surface area contributed by atoms with E-state index in [2.05, 4.69) is 6.92 Å². The van der Waals surface area contributed by atoms with Crippen LogP contribution in [0.15, 0.2) is 30.3 Å². The summed E-state index contributed by atoms with van der Waals surface area (Å²) in [4.78, 5) is 0. The number of ether oxygens (including phenoxy) is 2. The molecule has 1 aromatic carbocycles. The largest absolute Gasteiger partial charge is 0.412 e. The molecule has 1 heterocycles. The second-order valence-electron chi connectivity index (χ2n) is 7.98. The minimum absolute atomic E-state index is 0.112. The smallest absolute Gasteiger partial charge is 0.348 e. The first-order valence-corrected chi connectivity index (χ1v) is 10.1. The van der Waals surface area contributed by atoms with Gasteiger partial charge in [-0.25, -0.2) is 4.39 Å². The van der Waals surface area contributed by atoms with E-state index < -0.39 is 18.3 Å². The summed E-state index contributed by atoms with van der Waals surface area (Å²) in [5.41, 5.74) is 0.576. The standard InChI is InChI=1S/C22H28F4O2/c1-2-3-15-4-6-16(7-5-15)19-13-27-21(28-14-19)18-10-8-17(9-11-18)20(23)12-22(24,25)26/h8-12,15-16,19,21H,2-7,13-14H2,1H3. The summed E-state index contributed by atoms with van der Waals surface area (Å²) in [7, 11) is 0. The molecule has 0 atom stereocenters. The zero-order chi connectivity index (χ0) is 20.1. The molecule has 0 bridgehead atoms. The van der Waals surface area contributed by atoms with Gasteiger partial charge in [0, 0.05) is 17.0 Å². The van der Waals surface area contributed by atoms with Gasteiger partial charge in [-0.15, -0.1) is 0 Å². The first-order chi connectivity index (χ1) is 13.4. The van der Waals surface area contributed by atoms with Gasteiger partial charge >= 0.3 is 6.18 Å². The molecule has 3 rings (SSSR count). The Kier molecular flexibility index (Phi) is 7.15. The van der Waals surface area contributed by atoms with Gasteiger partial charge in [-0.3, -0.25) is 0 Å². The Morgan fingerprint density at radius 3 is 2.14 bits per heavy atom. The molecule has 28 heavy (non-hydrogen) atoms. The highest BCUT2D eigenvalue weighted by atomic mass is 19.4. The maximum absolute atomic E-state index is 13.6. The number of allylic oxidation sites excluding steroid dienone is 1. The first kappa shape index (κ1) is 21.3. The number of hydrogen-bond donors (Lipinski definition) is 0. The Labute approximate surface area is 163 Å². The lowest BCUT2D eigenvalue weighted by molar-refractivity contribution is -0.214. The Balaban J connectivity index is 1.51. The van der Waals surface area contributed by atoms with Gasteiger partial charge in [-0.2, -0.15) is 13.2 Å². The molecule has 1 aliphatic heterocycles. The maximum Gasteiger partial charge on any atom is 0.412 e. The fourth-order valence-corrected chi connectivity index (χ4v) is 4.37. The zero-order valence-corrected chi connectivity index (χ0v) is 16.2. The number of rotatable bonds is 5. The van der Waals surface area contributed by atoms with Gasteiger partial charge in [0.25, 0.3) is 0 Å². The predicted octanol–water partition coefficient (Wildman–Crippen LogP) is 6.83. The molecule has 1 aromatic rings. The summed E-state index contributed by atoms with van der Waals surface area (Å²) in [5, 5.41) is 0. The fraction of sp³-hybridized carbons (Fsp3) is 0.636. The Hall–Kier alpha value is -1.40. The molecular weight excluding hydrogens is 372 g/mol. The summed E-state index contributed by atoms with van der Waals surface area (Å²) >= 11 is 0. The van der Waals surface area contributed by atoms with Gasteiger partial charge in [0.05, 0.1) is 19.3 Å². The highest BCUT2D eigenvalue weighted by Gasteiger charge is 2.32. The van der Waals surface area contributed by atoms with Crippen molar-refractivity contribution >= 4 is 5.83 Å². The fourth-order valence-electron chi connectivity index (χ4n) is 4.37. The molecule has 156 valence electrons. The van der Waals surface area contributed by atoms with Gasteiger partial charge in [0.2, 0.25) is 0 Å². The van der Waals surface area contributed by atoms with E-state index in [9.17, 15) is 17.6 Å². The van der Waals surface area contributed by atoms with Gasteiger partial charge in [0.1, 0.15) is 5.83 Å².